The van der Waals surface area contributed by atoms with Gasteiger partial charge in [-0.15, -0.1) is 0 Å². The number of benzene rings is 1. The number of nitrogens with zero attached hydrogens (tertiary/aromatic N) is 3. The Morgan fingerprint density at radius 2 is 2.06 bits per heavy atom. The lowest BCUT2D eigenvalue weighted by Gasteiger charge is -2.13. The number of rotatable bonds is 4. The predicted molar refractivity (Wildman–Crippen MR) is 62.7 cm³/mol. The summed E-state index contributed by atoms with van der Waals surface area (Å²) in [6.45, 7) is 2.87. The summed E-state index contributed by atoms with van der Waals surface area (Å²) in [5.41, 5.74) is 1.28. The Labute approximate surface area is 95.3 Å². The molecule has 16 heavy (non-hydrogen) atoms. The third kappa shape index (κ3) is 2.46. The van der Waals surface area contributed by atoms with Gasteiger partial charge in [0.2, 0.25) is 0 Å². The van der Waals surface area contributed by atoms with Gasteiger partial charge in [0.15, 0.2) is 0 Å². The molecule has 0 saturated heterocycles. The zero-order valence-corrected chi connectivity index (χ0v) is 9.59. The molecule has 0 aliphatic carbocycles. The lowest BCUT2D eigenvalue weighted by Crippen LogP contribution is -2.20. The molecule has 1 N–H and O–H groups in total. The van der Waals surface area contributed by atoms with Crippen molar-refractivity contribution >= 4 is 0 Å². The molecule has 0 aliphatic rings. The summed E-state index contributed by atoms with van der Waals surface area (Å²) < 4.78 is 1.78. The molecule has 0 spiro atoms. The maximum Gasteiger partial charge on any atom is 0.140 e. The Balaban J connectivity index is 1.94. The first-order chi connectivity index (χ1) is 7.77. The van der Waals surface area contributed by atoms with Gasteiger partial charge >= 0.3 is 0 Å². The quantitative estimate of drug-likeness (QED) is 0.845. The van der Waals surface area contributed by atoms with Gasteiger partial charge in [-0.2, -0.15) is 5.10 Å². The van der Waals surface area contributed by atoms with Crippen LogP contribution in [-0.4, -0.2) is 14.8 Å². The molecule has 2 rings (SSSR count). The highest BCUT2D eigenvalue weighted by Crippen LogP contribution is 2.11. The fraction of sp³-hybridized carbons (Fsp3) is 0.333. The lowest BCUT2D eigenvalue weighted by atomic mass is 10.1. The largest absolute Gasteiger partial charge is 0.303 e. The maximum atomic E-state index is 4.17. The Kier molecular flexibility index (Phi) is 3.31. The Bertz CT molecular complexity index is 435. The van der Waals surface area contributed by atoms with E-state index in [9.17, 15) is 0 Å². The van der Waals surface area contributed by atoms with E-state index in [2.05, 4.69) is 46.6 Å². The average Bonchev–Trinajstić information content (AvgIpc) is 2.73. The van der Waals surface area contributed by atoms with Crippen molar-refractivity contribution in [1.29, 1.82) is 0 Å². The van der Waals surface area contributed by atoms with Crippen molar-refractivity contribution in [1.82, 2.24) is 20.1 Å². The molecule has 1 aromatic carbocycles. The van der Waals surface area contributed by atoms with Crippen molar-refractivity contribution in [2.24, 2.45) is 7.05 Å². The van der Waals surface area contributed by atoms with Crippen molar-refractivity contribution in [3.63, 3.8) is 0 Å². The zero-order valence-electron chi connectivity index (χ0n) is 9.59. The second-order valence-electron chi connectivity index (χ2n) is 3.81. The van der Waals surface area contributed by atoms with Crippen molar-refractivity contribution in [2.75, 3.05) is 0 Å². The normalized spacial score (nSPS) is 12.6. The second kappa shape index (κ2) is 4.90. The summed E-state index contributed by atoms with van der Waals surface area (Å²) in [5, 5.41) is 7.45. The third-order valence-corrected chi connectivity index (χ3v) is 2.67. The molecule has 0 saturated carbocycles. The van der Waals surface area contributed by atoms with Crippen LogP contribution in [0.4, 0.5) is 0 Å². The molecule has 0 aliphatic heterocycles. The van der Waals surface area contributed by atoms with Crippen LogP contribution in [0.25, 0.3) is 0 Å². The van der Waals surface area contributed by atoms with Gasteiger partial charge in [0.1, 0.15) is 12.2 Å². The van der Waals surface area contributed by atoms with E-state index >= 15 is 0 Å². The molecule has 0 fully saturated rings. The van der Waals surface area contributed by atoms with Crippen LogP contribution in [0.1, 0.15) is 24.4 Å². The number of aromatic nitrogens is 3. The highest BCUT2D eigenvalue weighted by molar-refractivity contribution is 5.18. The number of aryl methyl sites for hydroxylation is 1. The molecule has 0 amide bonds. The average molecular weight is 216 g/mol. The molecule has 0 bridgehead atoms. The molecule has 1 atom stereocenters. The van der Waals surface area contributed by atoms with Crippen molar-refractivity contribution in [3.05, 3.63) is 48.0 Å². The minimum absolute atomic E-state index is 0.318. The summed E-state index contributed by atoms with van der Waals surface area (Å²) in [4.78, 5) is 4.17. The van der Waals surface area contributed by atoms with Gasteiger partial charge in [-0.25, -0.2) is 4.98 Å². The van der Waals surface area contributed by atoms with E-state index in [0.717, 1.165) is 12.4 Å². The van der Waals surface area contributed by atoms with Crippen LogP contribution in [0.5, 0.6) is 0 Å². The second-order valence-corrected chi connectivity index (χ2v) is 3.81. The maximum absolute atomic E-state index is 4.17. The van der Waals surface area contributed by atoms with Crippen LogP contribution < -0.4 is 5.32 Å². The van der Waals surface area contributed by atoms with Crippen molar-refractivity contribution in [3.8, 4) is 0 Å². The van der Waals surface area contributed by atoms with Crippen LogP contribution in [0, 0.1) is 0 Å². The van der Waals surface area contributed by atoms with Crippen LogP contribution >= 0.6 is 0 Å². The minimum atomic E-state index is 0.318. The number of hydrogen-bond donors (Lipinski definition) is 1. The van der Waals surface area contributed by atoms with Gasteiger partial charge in [0, 0.05) is 13.1 Å². The summed E-state index contributed by atoms with van der Waals surface area (Å²) in [6.07, 6.45) is 1.57. The Morgan fingerprint density at radius 1 is 1.31 bits per heavy atom. The van der Waals surface area contributed by atoms with Gasteiger partial charge in [-0.1, -0.05) is 30.3 Å². The molecule has 4 heteroatoms. The summed E-state index contributed by atoms with van der Waals surface area (Å²) in [5.74, 6) is 0.947. The Morgan fingerprint density at radius 3 is 2.69 bits per heavy atom. The van der Waals surface area contributed by atoms with Crippen molar-refractivity contribution < 1.29 is 0 Å². The molecule has 1 aromatic heterocycles. The van der Waals surface area contributed by atoms with E-state index in [-0.39, 0.29) is 0 Å². The fourth-order valence-electron chi connectivity index (χ4n) is 1.58. The van der Waals surface area contributed by atoms with Gasteiger partial charge < -0.3 is 5.32 Å². The highest BCUT2D eigenvalue weighted by Gasteiger charge is 2.05. The van der Waals surface area contributed by atoms with Gasteiger partial charge in [0.05, 0.1) is 6.54 Å². The molecule has 4 nitrogen and oxygen atoms in total. The monoisotopic (exact) mass is 216 g/mol. The van der Waals surface area contributed by atoms with Gasteiger partial charge in [0.25, 0.3) is 0 Å². The molecule has 84 valence electrons. The first-order valence-electron chi connectivity index (χ1n) is 5.38. The first-order valence-corrected chi connectivity index (χ1v) is 5.38. The smallest absolute Gasteiger partial charge is 0.140 e. The standard InChI is InChI=1S/C12H16N4/c1-10(11-6-4-3-5-7-11)13-8-12-14-9-15-16(12)2/h3-7,9-10,13H,8H2,1-2H3. The van der Waals surface area contributed by atoms with Gasteiger partial charge in [-0.3, -0.25) is 4.68 Å². The minimum Gasteiger partial charge on any atom is -0.303 e. The molecule has 0 radical (unpaired) electrons. The van der Waals surface area contributed by atoms with Gasteiger partial charge in [-0.05, 0) is 12.5 Å². The van der Waals surface area contributed by atoms with E-state index in [1.165, 1.54) is 5.56 Å². The van der Waals surface area contributed by atoms with Crippen LogP contribution in [-0.2, 0) is 13.6 Å². The summed E-state index contributed by atoms with van der Waals surface area (Å²) >= 11 is 0. The molecular weight excluding hydrogens is 200 g/mol. The summed E-state index contributed by atoms with van der Waals surface area (Å²) in [7, 11) is 1.90. The fourth-order valence-corrected chi connectivity index (χ4v) is 1.58. The lowest BCUT2D eigenvalue weighted by molar-refractivity contribution is 0.540. The van der Waals surface area contributed by atoms with E-state index < -0.39 is 0 Å². The number of hydrogen-bond acceptors (Lipinski definition) is 3. The first kappa shape index (κ1) is 10.8. The van der Waals surface area contributed by atoms with E-state index in [1.54, 1.807) is 11.0 Å². The molecule has 2 aromatic rings. The van der Waals surface area contributed by atoms with Crippen LogP contribution in [0.2, 0.25) is 0 Å². The molecule has 1 heterocycles. The molecule has 1 unspecified atom stereocenters. The van der Waals surface area contributed by atoms with E-state index in [1.807, 2.05) is 13.1 Å². The van der Waals surface area contributed by atoms with Crippen LogP contribution in [0.15, 0.2) is 36.7 Å². The summed E-state index contributed by atoms with van der Waals surface area (Å²) in [6, 6.07) is 10.7. The SMILES string of the molecule is CC(NCc1ncnn1C)c1ccccc1. The predicted octanol–water partition coefficient (Wildman–Crippen LogP) is 1.67. The Hall–Kier alpha value is -1.68. The highest BCUT2D eigenvalue weighted by atomic mass is 15.3. The number of nitrogens with one attached hydrogen (secondary N) is 1. The topological polar surface area (TPSA) is 42.7 Å². The van der Waals surface area contributed by atoms with E-state index in [0.29, 0.717) is 6.04 Å². The third-order valence-electron chi connectivity index (χ3n) is 2.67. The molecular formula is C12H16N4. The van der Waals surface area contributed by atoms with E-state index in [4.69, 9.17) is 0 Å². The van der Waals surface area contributed by atoms with Crippen molar-refractivity contribution in [2.45, 2.75) is 19.5 Å². The zero-order chi connectivity index (χ0) is 11.4. The van der Waals surface area contributed by atoms with Crippen LogP contribution in [0.3, 0.4) is 0 Å².